The second kappa shape index (κ2) is 7.20. The molecule has 0 saturated heterocycles. The van der Waals surface area contributed by atoms with Gasteiger partial charge in [0.05, 0.1) is 5.92 Å². The summed E-state index contributed by atoms with van der Waals surface area (Å²) in [4.78, 5) is 23.0. The van der Waals surface area contributed by atoms with Gasteiger partial charge in [-0.25, -0.2) is 4.79 Å². The van der Waals surface area contributed by atoms with Gasteiger partial charge >= 0.3 is 12.0 Å². The predicted molar refractivity (Wildman–Crippen MR) is 80.0 cm³/mol. The van der Waals surface area contributed by atoms with Crippen LogP contribution in [-0.2, 0) is 4.79 Å². The number of hydrogen-bond acceptors (Lipinski definition) is 3. The van der Waals surface area contributed by atoms with Crippen LogP contribution in [0.3, 0.4) is 0 Å². The zero-order valence-corrected chi connectivity index (χ0v) is 12.7. The number of hydrogen-bond donors (Lipinski definition) is 3. The standard InChI is InChI=1S/C14H24N2O3S/c1-20-12-6-5-11(8-12)16-14(19)15-10-4-2-3-9(7-10)13(17)18/h9-12H,2-8H2,1H3,(H,17,18)(H2,15,16,19). The Morgan fingerprint density at radius 3 is 2.35 bits per heavy atom. The van der Waals surface area contributed by atoms with E-state index in [9.17, 15) is 9.59 Å². The van der Waals surface area contributed by atoms with Crippen molar-refractivity contribution in [3.63, 3.8) is 0 Å². The lowest BCUT2D eigenvalue weighted by atomic mass is 9.86. The Hall–Kier alpha value is -0.910. The Balaban J connectivity index is 1.73. The summed E-state index contributed by atoms with van der Waals surface area (Å²) in [5.41, 5.74) is 0. The highest BCUT2D eigenvalue weighted by atomic mass is 32.2. The van der Waals surface area contributed by atoms with Crippen LogP contribution in [0.4, 0.5) is 4.79 Å². The highest BCUT2D eigenvalue weighted by Crippen LogP contribution is 2.28. The summed E-state index contributed by atoms with van der Waals surface area (Å²) in [6.45, 7) is 0. The average Bonchev–Trinajstić information content (AvgIpc) is 2.86. The molecule has 0 aromatic heterocycles. The van der Waals surface area contributed by atoms with E-state index in [1.54, 1.807) is 0 Å². The molecule has 2 amide bonds. The summed E-state index contributed by atoms with van der Waals surface area (Å²) in [6.07, 6.45) is 8.40. The van der Waals surface area contributed by atoms with E-state index >= 15 is 0 Å². The maximum atomic E-state index is 12.0. The lowest BCUT2D eigenvalue weighted by Gasteiger charge is -2.28. The third kappa shape index (κ3) is 4.30. The molecule has 2 aliphatic carbocycles. The SMILES string of the molecule is CSC1CCC(NC(=O)NC2CCCC(C(=O)O)C2)C1. The second-order valence-electron chi connectivity index (χ2n) is 5.88. The molecule has 20 heavy (non-hydrogen) atoms. The molecular weight excluding hydrogens is 276 g/mol. The third-order valence-electron chi connectivity index (χ3n) is 4.41. The first-order valence-corrected chi connectivity index (χ1v) is 8.70. The maximum absolute atomic E-state index is 12.0. The van der Waals surface area contributed by atoms with Crippen molar-refractivity contribution < 1.29 is 14.7 Å². The number of rotatable bonds is 4. The number of nitrogens with one attached hydrogen (secondary N) is 2. The lowest BCUT2D eigenvalue weighted by molar-refractivity contribution is -0.143. The smallest absolute Gasteiger partial charge is 0.315 e. The van der Waals surface area contributed by atoms with Gasteiger partial charge < -0.3 is 15.7 Å². The molecule has 0 aliphatic heterocycles. The van der Waals surface area contributed by atoms with Gasteiger partial charge in [0, 0.05) is 17.3 Å². The number of urea groups is 1. The van der Waals surface area contributed by atoms with Gasteiger partial charge in [0.1, 0.15) is 0 Å². The molecule has 114 valence electrons. The van der Waals surface area contributed by atoms with E-state index in [0.29, 0.717) is 11.7 Å². The Morgan fingerprint density at radius 1 is 1.05 bits per heavy atom. The van der Waals surface area contributed by atoms with Crippen LogP contribution < -0.4 is 10.6 Å². The molecule has 5 nitrogen and oxygen atoms in total. The van der Waals surface area contributed by atoms with Crippen LogP contribution in [0.1, 0.15) is 44.9 Å². The van der Waals surface area contributed by atoms with E-state index in [1.165, 1.54) is 0 Å². The zero-order chi connectivity index (χ0) is 14.5. The van der Waals surface area contributed by atoms with Gasteiger partial charge in [-0.2, -0.15) is 11.8 Å². The summed E-state index contributed by atoms with van der Waals surface area (Å²) in [7, 11) is 0. The first-order chi connectivity index (χ1) is 9.58. The minimum atomic E-state index is -0.740. The van der Waals surface area contributed by atoms with E-state index < -0.39 is 5.97 Å². The molecule has 2 aliphatic rings. The van der Waals surface area contributed by atoms with Crippen LogP contribution in [-0.4, -0.2) is 40.7 Å². The fourth-order valence-electron chi connectivity index (χ4n) is 3.24. The molecule has 6 heteroatoms. The van der Waals surface area contributed by atoms with E-state index in [1.807, 2.05) is 11.8 Å². The predicted octanol–water partition coefficient (Wildman–Crippen LogP) is 2.21. The molecule has 0 heterocycles. The molecular formula is C14H24N2O3S. The number of aliphatic carboxylic acids is 1. The molecule has 0 radical (unpaired) electrons. The summed E-state index contributed by atoms with van der Waals surface area (Å²) in [5, 5.41) is 15.7. The van der Waals surface area contributed by atoms with Crippen LogP contribution in [0.25, 0.3) is 0 Å². The minimum Gasteiger partial charge on any atom is -0.481 e. The Kier molecular flexibility index (Phi) is 5.57. The van der Waals surface area contributed by atoms with Crippen molar-refractivity contribution in [2.75, 3.05) is 6.26 Å². The number of amides is 2. The van der Waals surface area contributed by atoms with Gasteiger partial charge in [-0.05, 0) is 44.8 Å². The molecule has 3 N–H and O–H groups in total. The number of thioether (sulfide) groups is 1. The van der Waals surface area contributed by atoms with Crippen LogP contribution in [0, 0.1) is 5.92 Å². The van der Waals surface area contributed by atoms with Gasteiger partial charge in [0.15, 0.2) is 0 Å². The normalized spacial score (nSPS) is 33.6. The van der Waals surface area contributed by atoms with Crippen molar-refractivity contribution >= 4 is 23.8 Å². The topological polar surface area (TPSA) is 78.4 Å². The minimum absolute atomic E-state index is 0.00241. The van der Waals surface area contributed by atoms with Crippen LogP contribution in [0.15, 0.2) is 0 Å². The third-order valence-corrected chi connectivity index (χ3v) is 5.51. The average molecular weight is 300 g/mol. The fourth-order valence-corrected chi connectivity index (χ4v) is 4.04. The van der Waals surface area contributed by atoms with Gasteiger partial charge in [0.2, 0.25) is 0 Å². The monoisotopic (exact) mass is 300 g/mol. The van der Waals surface area contributed by atoms with Gasteiger partial charge in [-0.1, -0.05) is 6.42 Å². The molecule has 2 fully saturated rings. The van der Waals surface area contributed by atoms with Gasteiger partial charge in [0.25, 0.3) is 0 Å². The summed E-state index contributed by atoms with van der Waals surface area (Å²) < 4.78 is 0. The highest BCUT2D eigenvalue weighted by Gasteiger charge is 2.29. The molecule has 4 unspecified atom stereocenters. The summed E-state index contributed by atoms with van der Waals surface area (Å²) in [6, 6.07) is 0.140. The Bertz CT molecular complexity index is 364. The van der Waals surface area contributed by atoms with Crippen LogP contribution in [0.5, 0.6) is 0 Å². The van der Waals surface area contributed by atoms with Crippen molar-refractivity contribution in [2.24, 2.45) is 5.92 Å². The second-order valence-corrected chi connectivity index (χ2v) is 7.02. The van der Waals surface area contributed by atoms with Crippen molar-refractivity contribution in [3.05, 3.63) is 0 Å². The van der Waals surface area contributed by atoms with Crippen molar-refractivity contribution in [2.45, 2.75) is 62.3 Å². The van der Waals surface area contributed by atoms with Crippen molar-refractivity contribution in [1.82, 2.24) is 10.6 Å². The first kappa shape index (κ1) is 15.5. The molecule has 2 rings (SSSR count). The van der Waals surface area contributed by atoms with Crippen molar-refractivity contribution in [3.8, 4) is 0 Å². The number of carboxylic acid groups (broad SMARTS) is 1. The van der Waals surface area contributed by atoms with E-state index in [-0.39, 0.29) is 24.0 Å². The molecule has 2 saturated carbocycles. The molecule has 0 spiro atoms. The molecule has 0 aromatic carbocycles. The fraction of sp³-hybridized carbons (Fsp3) is 0.857. The lowest BCUT2D eigenvalue weighted by Crippen LogP contribution is -2.47. The zero-order valence-electron chi connectivity index (χ0n) is 11.9. The maximum Gasteiger partial charge on any atom is 0.315 e. The van der Waals surface area contributed by atoms with Crippen LogP contribution >= 0.6 is 11.8 Å². The summed E-state index contributed by atoms with van der Waals surface area (Å²) >= 11 is 1.87. The van der Waals surface area contributed by atoms with Gasteiger partial charge in [-0.15, -0.1) is 0 Å². The highest BCUT2D eigenvalue weighted by molar-refractivity contribution is 7.99. The van der Waals surface area contributed by atoms with Gasteiger partial charge in [-0.3, -0.25) is 4.79 Å². The molecule has 0 aromatic rings. The van der Waals surface area contributed by atoms with E-state index in [0.717, 1.165) is 38.5 Å². The van der Waals surface area contributed by atoms with E-state index in [2.05, 4.69) is 16.9 Å². The Labute approximate surface area is 124 Å². The first-order valence-electron chi connectivity index (χ1n) is 7.41. The quantitative estimate of drug-likeness (QED) is 0.744. The number of carbonyl (C=O) groups excluding carboxylic acids is 1. The Morgan fingerprint density at radius 2 is 1.75 bits per heavy atom. The molecule has 0 bridgehead atoms. The largest absolute Gasteiger partial charge is 0.481 e. The molecule has 4 atom stereocenters. The van der Waals surface area contributed by atoms with E-state index in [4.69, 9.17) is 5.11 Å². The number of carbonyl (C=O) groups is 2. The number of carboxylic acids is 1. The van der Waals surface area contributed by atoms with Crippen LogP contribution in [0.2, 0.25) is 0 Å². The summed E-state index contributed by atoms with van der Waals surface area (Å²) in [5.74, 6) is -1.04. The van der Waals surface area contributed by atoms with Crippen molar-refractivity contribution in [1.29, 1.82) is 0 Å².